The number of carbonyl (C=O) groups excluding carboxylic acids is 1. The van der Waals surface area contributed by atoms with Crippen molar-refractivity contribution >= 4 is 17.9 Å². The van der Waals surface area contributed by atoms with Gasteiger partial charge >= 0.3 is 17.9 Å². The molecule has 11 nitrogen and oxygen atoms in total. The zero-order valence-corrected chi connectivity index (χ0v) is 25.1. The first-order valence-electron chi connectivity index (χ1n) is 16.1. The second-order valence-corrected chi connectivity index (χ2v) is 12.6. The number of aliphatic carboxylic acids is 2. The Morgan fingerprint density at radius 2 is 1.26 bits per heavy atom. The molecule has 4 rings (SSSR count). The Labute approximate surface area is 254 Å². The molecule has 0 aromatic rings. The largest absolute Gasteiger partial charge is 0.481 e. The van der Waals surface area contributed by atoms with Gasteiger partial charge in [-0.05, 0) is 83.0 Å². The summed E-state index contributed by atoms with van der Waals surface area (Å²) in [6, 6.07) is 0. The summed E-state index contributed by atoms with van der Waals surface area (Å²) in [4.78, 5) is 47.8. The van der Waals surface area contributed by atoms with E-state index in [4.69, 9.17) is 35.1 Å². The van der Waals surface area contributed by atoms with Gasteiger partial charge in [0.2, 0.25) is 0 Å². The van der Waals surface area contributed by atoms with Crippen molar-refractivity contribution in [1.29, 1.82) is 0 Å². The topological polar surface area (TPSA) is 147 Å². The number of carbonyl (C=O) groups is 3. The maximum atomic E-state index is 12.8. The number of carboxylic acid groups (broad SMARTS) is 2. The van der Waals surface area contributed by atoms with Gasteiger partial charge in [0.05, 0.1) is 55.9 Å². The number of hydrogen-bond acceptors (Lipinski definition) is 9. The molecule has 43 heavy (non-hydrogen) atoms. The lowest BCUT2D eigenvalue weighted by Crippen LogP contribution is -2.40. The molecule has 11 heteroatoms. The molecule has 0 aromatic heterocycles. The van der Waals surface area contributed by atoms with Crippen LogP contribution in [0.1, 0.15) is 96.3 Å². The SMILES string of the molecule is C#COC1CCC(C(=O)OC2CCC(OOCC3CCC(OCCOC4CCCCC4)CC3C(=O)O)CC2)C(C(=O)O)C1. The summed E-state index contributed by atoms with van der Waals surface area (Å²) in [5.74, 6) is -4.69. The van der Waals surface area contributed by atoms with Crippen LogP contribution in [0.15, 0.2) is 0 Å². The van der Waals surface area contributed by atoms with E-state index in [0.29, 0.717) is 70.7 Å². The number of terminal acetylenes is 1. The first kappa shape index (κ1) is 33.5. The van der Waals surface area contributed by atoms with Gasteiger partial charge in [-0.2, -0.15) is 0 Å². The van der Waals surface area contributed by atoms with Gasteiger partial charge in [0, 0.05) is 0 Å². The van der Waals surface area contributed by atoms with Crippen molar-refractivity contribution in [3.63, 3.8) is 0 Å². The van der Waals surface area contributed by atoms with Crippen molar-refractivity contribution in [1.82, 2.24) is 0 Å². The predicted octanol–water partition coefficient (Wildman–Crippen LogP) is 4.50. The third-order valence-corrected chi connectivity index (χ3v) is 9.65. The zero-order valence-electron chi connectivity index (χ0n) is 25.1. The molecule has 4 fully saturated rings. The summed E-state index contributed by atoms with van der Waals surface area (Å²) in [6.07, 6.45) is 18.0. The van der Waals surface area contributed by atoms with E-state index in [2.05, 4.69) is 6.11 Å². The Morgan fingerprint density at radius 3 is 1.93 bits per heavy atom. The summed E-state index contributed by atoms with van der Waals surface area (Å²) in [5, 5.41) is 19.4. The van der Waals surface area contributed by atoms with E-state index in [-0.39, 0.29) is 43.4 Å². The fourth-order valence-electron chi connectivity index (χ4n) is 7.12. The minimum atomic E-state index is -1.05. The smallest absolute Gasteiger partial charge is 0.310 e. The van der Waals surface area contributed by atoms with Gasteiger partial charge in [-0.15, -0.1) is 0 Å². The van der Waals surface area contributed by atoms with Gasteiger partial charge in [-0.1, -0.05) is 25.7 Å². The van der Waals surface area contributed by atoms with Crippen molar-refractivity contribution in [3.05, 3.63) is 0 Å². The highest BCUT2D eigenvalue weighted by molar-refractivity contribution is 5.81. The molecule has 4 aliphatic rings. The van der Waals surface area contributed by atoms with Crippen LogP contribution in [0.5, 0.6) is 0 Å². The first-order chi connectivity index (χ1) is 20.8. The molecule has 4 aliphatic carbocycles. The van der Waals surface area contributed by atoms with Crippen molar-refractivity contribution < 1.29 is 53.3 Å². The summed E-state index contributed by atoms with van der Waals surface area (Å²) < 4.78 is 22.7. The Bertz CT molecular complexity index is 934. The van der Waals surface area contributed by atoms with Gasteiger partial charge in [-0.3, -0.25) is 14.4 Å². The maximum absolute atomic E-state index is 12.8. The van der Waals surface area contributed by atoms with E-state index < -0.39 is 35.7 Å². The van der Waals surface area contributed by atoms with Crippen LogP contribution in [0.2, 0.25) is 0 Å². The lowest BCUT2D eigenvalue weighted by Gasteiger charge is -2.34. The number of carboxylic acids is 2. The average molecular weight is 609 g/mol. The van der Waals surface area contributed by atoms with E-state index in [0.717, 1.165) is 19.3 Å². The van der Waals surface area contributed by atoms with E-state index in [1.807, 2.05) is 0 Å². The molecule has 6 unspecified atom stereocenters. The molecule has 2 N–H and O–H groups in total. The van der Waals surface area contributed by atoms with Gasteiger partial charge in [0.25, 0.3) is 0 Å². The minimum Gasteiger partial charge on any atom is -0.481 e. The molecule has 6 atom stereocenters. The highest BCUT2D eigenvalue weighted by Crippen LogP contribution is 2.35. The Kier molecular flexibility index (Phi) is 13.4. The normalized spacial score (nSPS) is 33.7. The third-order valence-electron chi connectivity index (χ3n) is 9.65. The van der Waals surface area contributed by atoms with Gasteiger partial charge in [-0.25, -0.2) is 9.78 Å². The molecular formula is C32H48O11. The van der Waals surface area contributed by atoms with E-state index in [1.165, 1.54) is 19.3 Å². The Hall–Kier alpha value is -2.39. The Morgan fingerprint density at radius 1 is 0.651 bits per heavy atom. The van der Waals surface area contributed by atoms with Crippen LogP contribution in [-0.4, -0.2) is 78.5 Å². The second kappa shape index (κ2) is 17.2. The minimum absolute atomic E-state index is 0.0942. The molecule has 0 bridgehead atoms. The third kappa shape index (κ3) is 10.3. The molecular weight excluding hydrogens is 560 g/mol. The van der Waals surface area contributed by atoms with E-state index in [1.54, 1.807) is 0 Å². The number of hydrogen-bond donors (Lipinski definition) is 2. The molecule has 0 heterocycles. The first-order valence-corrected chi connectivity index (χ1v) is 16.1. The van der Waals surface area contributed by atoms with Gasteiger partial charge in [0.15, 0.2) is 0 Å². The fraction of sp³-hybridized carbons (Fsp3) is 0.844. The lowest BCUT2D eigenvalue weighted by atomic mass is 9.77. The molecule has 0 saturated heterocycles. The monoisotopic (exact) mass is 608 g/mol. The van der Waals surface area contributed by atoms with Crippen LogP contribution >= 0.6 is 0 Å². The molecule has 0 aliphatic heterocycles. The summed E-state index contributed by atoms with van der Waals surface area (Å²) >= 11 is 0. The van der Waals surface area contributed by atoms with E-state index in [9.17, 15) is 24.6 Å². The van der Waals surface area contributed by atoms with Crippen LogP contribution in [0.3, 0.4) is 0 Å². The average Bonchev–Trinajstić information content (AvgIpc) is 3.01. The number of esters is 1. The molecule has 242 valence electrons. The van der Waals surface area contributed by atoms with Crippen molar-refractivity contribution in [2.75, 3.05) is 19.8 Å². The predicted molar refractivity (Wildman–Crippen MR) is 152 cm³/mol. The Balaban J connectivity index is 1.11. The fourth-order valence-corrected chi connectivity index (χ4v) is 7.12. The zero-order chi connectivity index (χ0) is 30.6. The molecule has 0 radical (unpaired) electrons. The second-order valence-electron chi connectivity index (χ2n) is 12.6. The van der Waals surface area contributed by atoms with Crippen molar-refractivity contribution in [3.8, 4) is 12.5 Å². The summed E-state index contributed by atoms with van der Waals surface area (Å²) in [7, 11) is 0. The molecule has 0 aromatic carbocycles. The number of rotatable bonds is 14. The van der Waals surface area contributed by atoms with Crippen molar-refractivity contribution in [2.24, 2.45) is 23.7 Å². The van der Waals surface area contributed by atoms with E-state index >= 15 is 0 Å². The molecule has 0 amide bonds. The van der Waals surface area contributed by atoms with Crippen LogP contribution in [0, 0.1) is 36.2 Å². The highest BCUT2D eigenvalue weighted by atomic mass is 17.2. The van der Waals surface area contributed by atoms with Crippen LogP contribution in [0.4, 0.5) is 0 Å². The van der Waals surface area contributed by atoms with Gasteiger partial charge < -0.3 is 29.2 Å². The van der Waals surface area contributed by atoms with Crippen molar-refractivity contribution in [2.45, 2.75) is 127 Å². The quantitative estimate of drug-likeness (QED) is 0.0944. The molecule has 0 spiro atoms. The summed E-state index contributed by atoms with van der Waals surface area (Å²) in [6.45, 7) is 1.23. The van der Waals surface area contributed by atoms with Crippen LogP contribution < -0.4 is 0 Å². The van der Waals surface area contributed by atoms with Gasteiger partial charge in [0.1, 0.15) is 18.3 Å². The lowest BCUT2D eigenvalue weighted by molar-refractivity contribution is -0.338. The standard InChI is InChI=1S/C32H48O11/c1-2-38-25-14-15-27(29(19-25)31(35)36)32(37)42-23-10-12-24(13-11-23)43-41-20-21-8-9-26(18-28(21)30(33)34)40-17-16-39-22-6-4-3-5-7-22/h1,21-29H,3-20H2,(H,33,34)(H,35,36). The maximum Gasteiger partial charge on any atom is 0.310 e. The highest BCUT2D eigenvalue weighted by Gasteiger charge is 2.42. The van der Waals surface area contributed by atoms with Crippen LogP contribution in [0.25, 0.3) is 0 Å². The number of ether oxygens (including phenoxy) is 4. The van der Waals surface area contributed by atoms with Crippen LogP contribution in [-0.2, 0) is 43.1 Å². The molecule has 4 saturated carbocycles. The summed E-state index contributed by atoms with van der Waals surface area (Å²) in [5.41, 5.74) is 0.